The number of aromatic nitrogens is 2. The lowest BCUT2D eigenvalue weighted by molar-refractivity contribution is 0.0963. The van der Waals surface area contributed by atoms with Gasteiger partial charge >= 0.3 is 0 Å². The molecule has 0 aliphatic heterocycles. The van der Waals surface area contributed by atoms with Crippen molar-refractivity contribution in [1.82, 2.24) is 9.13 Å². The summed E-state index contributed by atoms with van der Waals surface area (Å²) in [6.07, 6.45) is 3.42. The third-order valence-electron chi connectivity index (χ3n) is 2.44. The number of hydrogen-bond donors (Lipinski definition) is 0. The van der Waals surface area contributed by atoms with Crippen LogP contribution in [0.5, 0.6) is 0 Å². The highest BCUT2D eigenvalue weighted by Gasteiger charge is 2.09. The highest BCUT2D eigenvalue weighted by Crippen LogP contribution is 2.02. The Morgan fingerprint density at radius 1 is 1.19 bits per heavy atom. The van der Waals surface area contributed by atoms with E-state index in [4.69, 9.17) is 0 Å². The van der Waals surface area contributed by atoms with Gasteiger partial charge in [0.05, 0.1) is 12.2 Å². The third kappa shape index (κ3) is 1.95. The van der Waals surface area contributed by atoms with Crippen molar-refractivity contribution in [2.24, 2.45) is 7.05 Å². The minimum absolute atomic E-state index is 0.0687. The zero-order chi connectivity index (χ0) is 11.5. The van der Waals surface area contributed by atoms with Crippen LogP contribution in [0.3, 0.4) is 0 Å². The highest BCUT2D eigenvalue weighted by atomic mass is 16.1. The molecule has 0 saturated carbocycles. The standard InChI is InChI=1S/C12H12N2O2/c1-13-7-4-5-10(13)11(15)9-14-8-3-2-6-12(14)16/h2-8H,9H2,1H3. The molecule has 2 aromatic rings. The number of nitrogens with zero attached hydrogens (tertiary/aromatic N) is 2. The summed E-state index contributed by atoms with van der Waals surface area (Å²) < 4.78 is 3.14. The highest BCUT2D eigenvalue weighted by molar-refractivity contribution is 5.94. The number of rotatable bonds is 3. The molecule has 0 aliphatic rings. The van der Waals surface area contributed by atoms with Gasteiger partial charge < -0.3 is 9.13 Å². The summed E-state index contributed by atoms with van der Waals surface area (Å²) in [5, 5.41) is 0. The van der Waals surface area contributed by atoms with Gasteiger partial charge in [-0.1, -0.05) is 6.07 Å². The Labute approximate surface area is 92.8 Å². The molecule has 0 spiro atoms. The number of aryl methyl sites for hydroxylation is 1. The Morgan fingerprint density at radius 3 is 2.62 bits per heavy atom. The van der Waals surface area contributed by atoms with E-state index in [1.54, 1.807) is 48.3 Å². The Hall–Kier alpha value is -2.10. The van der Waals surface area contributed by atoms with Crippen LogP contribution in [-0.2, 0) is 13.6 Å². The summed E-state index contributed by atoms with van der Waals surface area (Å²) in [5.74, 6) is -0.0687. The summed E-state index contributed by atoms with van der Waals surface area (Å²) in [7, 11) is 1.81. The van der Waals surface area contributed by atoms with Crippen LogP contribution < -0.4 is 5.56 Å². The quantitative estimate of drug-likeness (QED) is 0.720. The molecular weight excluding hydrogens is 204 g/mol. The number of Topliss-reactive ketones (excluding diaryl/α,β-unsaturated/α-hetero) is 1. The zero-order valence-corrected chi connectivity index (χ0v) is 8.96. The van der Waals surface area contributed by atoms with Crippen LogP contribution in [0, 0.1) is 0 Å². The molecule has 0 aliphatic carbocycles. The third-order valence-corrected chi connectivity index (χ3v) is 2.44. The van der Waals surface area contributed by atoms with E-state index < -0.39 is 0 Å². The lowest BCUT2D eigenvalue weighted by atomic mass is 10.3. The van der Waals surface area contributed by atoms with Crippen molar-refractivity contribution in [2.45, 2.75) is 6.54 Å². The van der Waals surface area contributed by atoms with E-state index in [0.29, 0.717) is 5.69 Å². The average molecular weight is 216 g/mol. The molecule has 2 heterocycles. The van der Waals surface area contributed by atoms with E-state index in [2.05, 4.69) is 0 Å². The first kappa shape index (κ1) is 10.4. The van der Waals surface area contributed by atoms with Crippen molar-refractivity contribution in [3.63, 3.8) is 0 Å². The molecule has 0 aromatic carbocycles. The van der Waals surface area contributed by atoms with Gasteiger partial charge in [0.25, 0.3) is 5.56 Å². The van der Waals surface area contributed by atoms with Gasteiger partial charge in [0.15, 0.2) is 5.78 Å². The molecule has 0 radical (unpaired) electrons. The van der Waals surface area contributed by atoms with Gasteiger partial charge in [0, 0.05) is 25.5 Å². The lowest BCUT2D eigenvalue weighted by Crippen LogP contribution is -2.23. The summed E-state index contributed by atoms with van der Waals surface area (Å²) in [5.41, 5.74) is 0.445. The van der Waals surface area contributed by atoms with Crippen LogP contribution in [-0.4, -0.2) is 14.9 Å². The Balaban J connectivity index is 2.24. The molecule has 82 valence electrons. The number of carbonyl (C=O) groups excluding carboxylic acids is 1. The summed E-state index contributed by atoms with van der Waals surface area (Å²) >= 11 is 0. The molecule has 0 fully saturated rings. The molecule has 0 atom stereocenters. The molecule has 2 aromatic heterocycles. The SMILES string of the molecule is Cn1cccc1C(=O)Cn1ccccc1=O. The average Bonchev–Trinajstić information content (AvgIpc) is 2.68. The van der Waals surface area contributed by atoms with Gasteiger partial charge in [-0.2, -0.15) is 0 Å². The first-order valence-electron chi connectivity index (χ1n) is 4.98. The van der Waals surface area contributed by atoms with Crippen molar-refractivity contribution in [2.75, 3.05) is 0 Å². The van der Waals surface area contributed by atoms with Gasteiger partial charge in [-0.05, 0) is 18.2 Å². The molecule has 0 amide bonds. The summed E-state index contributed by atoms with van der Waals surface area (Å²) in [6.45, 7) is 0.0809. The van der Waals surface area contributed by atoms with E-state index in [-0.39, 0.29) is 17.9 Å². The minimum Gasteiger partial charge on any atom is -0.348 e. The monoisotopic (exact) mass is 216 g/mol. The first-order valence-corrected chi connectivity index (χ1v) is 4.98. The van der Waals surface area contributed by atoms with E-state index >= 15 is 0 Å². The second kappa shape index (κ2) is 4.18. The van der Waals surface area contributed by atoms with Gasteiger partial charge in [-0.15, -0.1) is 0 Å². The number of carbonyl (C=O) groups is 1. The molecule has 2 rings (SSSR count). The van der Waals surface area contributed by atoms with Crippen LogP contribution in [0.25, 0.3) is 0 Å². The van der Waals surface area contributed by atoms with Crippen molar-refractivity contribution in [3.8, 4) is 0 Å². The maximum absolute atomic E-state index is 11.9. The molecule has 16 heavy (non-hydrogen) atoms. The molecule has 0 saturated heterocycles. The van der Waals surface area contributed by atoms with Gasteiger partial charge in [-0.25, -0.2) is 0 Å². The predicted molar refractivity (Wildman–Crippen MR) is 60.4 cm³/mol. The molecule has 4 nitrogen and oxygen atoms in total. The van der Waals surface area contributed by atoms with E-state index in [0.717, 1.165) is 0 Å². The van der Waals surface area contributed by atoms with Crippen molar-refractivity contribution in [3.05, 3.63) is 58.8 Å². The number of hydrogen-bond acceptors (Lipinski definition) is 2. The predicted octanol–water partition coefficient (Wildman–Crippen LogP) is 1.07. The van der Waals surface area contributed by atoms with Gasteiger partial charge in [-0.3, -0.25) is 9.59 Å². The van der Waals surface area contributed by atoms with Crippen LogP contribution in [0.2, 0.25) is 0 Å². The fourth-order valence-electron chi connectivity index (χ4n) is 1.58. The fraction of sp³-hybridized carbons (Fsp3) is 0.167. The number of ketones is 1. The van der Waals surface area contributed by atoms with Gasteiger partial charge in [0.2, 0.25) is 0 Å². The minimum atomic E-state index is -0.162. The fourth-order valence-corrected chi connectivity index (χ4v) is 1.58. The topological polar surface area (TPSA) is 44.0 Å². The lowest BCUT2D eigenvalue weighted by Gasteiger charge is -2.05. The normalized spacial score (nSPS) is 10.3. The van der Waals surface area contributed by atoms with E-state index in [1.807, 2.05) is 0 Å². The molecule has 0 unspecified atom stereocenters. The Kier molecular flexibility index (Phi) is 2.72. The smallest absolute Gasteiger partial charge is 0.250 e. The van der Waals surface area contributed by atoms with Gasteiger partial charge in [0.1, 0.15) is 0 Å². The van der Waals surface area contributed by atoms with Crippen LogP contribution in [0.4, 0.5) is 0 Å². The van der Waals surface area contributed by atoms with Crippen molar-refractivity contribution >= 4 is 5.78 Å². The maximum atomic E-state index is 11.9. The second-order valence-corrected chi connectivity index (χ2v) is 3.59. The maximum Gasteiger partial charge on any atom is 0.250 e. The van der Waals surface area contributed by atoms with Crippen molar-refractivity contribution < 1.29 is 4.79 Å². The van der Waals surface area contributed by atoms with E-state index in [9.17, 15) is 9.59 Å². The van der Waals surface area contributed by atoms with Crippen LogP contribution >= 0.6 is 0 Å². The largest absolute Gasteiger partial charge is 0.348 e. The van der Waals surface area contributed by atoms with E-state index in [1.165, 1.54) is 10.6 Å². The zero-order valence-electron chi connectivity index (χ0n) is 8.96. The Bertz CT molecular complexity index is 566. The molecule has 4 heteroatoms. The van der Waals surface area contributed by atoms with Crippen LogP contribution in [0.1, 0.15) is 10.5 Å². The van der Waals surface area contributed by atoms with Crippen molar-refractivity contribution in [1.29, 1.82) is 0 Å². The molecular formula is C12H12N2O2. The number of pyridine rings is 1. The first-order chi connectivity index (χ1) is 7.68. The molecule has 0 bridgehead atoms. The second-order valence-electron chi connectivity index (χ2n) is 3.59. The molecule has 0 N–H and O–H groups in total. The Morgan fingerprint density at radius 2 is 2.00 bits per heavy atom. The summed E-state index contributed by atoms with van der Waals surface area (Å²) in [4.78, 5) is 23.3. The van der Waals surface area contributed by atoms with Crippen LogP contribution in [0.15, 0.2) is 47.5 Å². The summed E-state index contributed by atoms with van der Waals surface area (Å²) in [6, 6.07) is 8.39.